The molecule has 27 heavy (non-hydrogen) atoms. The van der Waals surface area contributed by atoms with Gasteiger partial charge in [0.05, 0.1) is 0 Å². The quantitative estimate of drug-likeness (QED) is 0.687. The molecule has 0 bridgehead atoms. The van der Waals surface area contributed by atoms with Gasteiger partial charge in [0.2, 0.25) is 5.95 Å². The Kier molecular flexibility index (Phi) is 5.87. The third-order valence-corrected chi connectivity index (χ3v) is 4.90. The van der Waals surface area contributed by atoms with Crippen molar-refractivity contribution in [2.45, 2.75) is 31.7 Å². The van der Waals surface area contributed by atoms with Crippen molar-refractivity contribution in [3.63, 3.8) is 0 Å². The molecular weight excluding hydrogens is 387 g/mol. The van der Waals surface area contributed by atoms with Gasteiger partial charge < -0.3 is 10.1 Å². The fourth-order valence-corrected chi connectivity index (χ4v) is 3.37. The molecule has 0 spiro atoms. The first-order chi connectivity index (χ1) is 12.6. The number of hydrogen-bond acceptors (Lipinski definition) is 5. The van der Waals surface area contributed by atoms with Gasteiger partial charge in [-0.2, -0.15) is 4.98 Å². The van der Waals surface area contributed by atoms with Crippen molar-refractivity contribution in [2.24, 2.45) is 7.05 Å². The van der Waals surface area contributed by atoms with Gasteiger partial charge in [0.1, 0.15) is 11.4 Å². The van der Waals surface area contributed by atoms with Crippen molar-refractivity contribution in [3.05, 3.63) is 51.9 Å². The number of ether oxygens (including phenoxy) is 1. The van der Waals surface area contributed by atoms with Crippen LogP contribution in [0.4, 0.5) is 5.95 Å². The van der Waals surface area contributed by atoms with Crippen LogP contribution in [0.25, 0.3) is 11.0 Å². The van der Waals surface area contributed by atoms with Crippen molar-refractivity contribution in [1.29, 1.82) is 0 Å². The van der Waals surface area contributed by atoms with Gasteiger partial charge in [-0.25, -0.2) is 4.98 Å². The highest BCUT2D eigenvalue weighted by molar-refractivity contribution is 6.30. The molecule has 2 heterocycles. The number of benzene rings is 1. The van der Waals surface area contributed by atoms with E-state index in [-0.39, 0.29) is 23.7 Å². The van der Waals surface area contributed by atoms with Crippen LogP contribution in [0.2, 0.25) is 5.02 Å². The summed E-state index contributed by atoms with van der Waals surface area (Å²) in [6.07, 6.45) is 6.44. The van der Waals surface area contributed by atoms with Gasteiger partial charge in [-0.15, -0.1) is 12.4 Å². The summed E-state index contributed by atoms with van der Waals surface area (Å²) in [6.45, 7) is 0. The second-order valence-electron chi connectivity index (χ2n) is 6.53. The number of rotatable bonds is 4. The standard InChI is InChI=1S/C19H19ClN4O2.ClH/c1-24-17-12(11-21-19(23-17)22-14-4-2-3-5-14)10-16(18(24)25)26-15-8-6-13(20)7-9-15;/h6-11,14H,2-5H2,1H3,(H,21,22,23);1H. The lowest BCUT2D eigenvalue weighted by Crippen LogP contribution is -2.21. The monoisotopic (exact) mass is 406 g/mol. The average Bonchev–Trinajstić information content (AvgIpc) is 3.15. The van der Waals surface area contributed by atoms with Gasteiger partial charge in [0.25, 0.3) is 5.56 Å². The van der Waals surface area contributed by atoms with E-state index < -0.39 is 0 Å². The zero-order valence-electron chi connectivity index (χ0n) is 14.8. The Balaban J connectivity index is 0.00000210. The number of nitrogens with one attached hydrogen (secondary N) is 1. The fraction of sp³-hybridized carbons (Fsp3) is 0.316. The number of pyridine rings is 1. The number of hydrogen-bond donors (Lipinski definition) is 1. The molecule has 8 heteroatoms. The molecule has 3 aromatic rings. The van der Waals surface area contributed by atoms with Crippen molar-refractivity contribution in [1.82, 2.24) is 14.5 Å². The van der Waals surface area contributed by atoms with E-state index in [1.54, 1.807) is 43.6 Å². The second-order valence-corrected chi connectivity index (χ2v) is 6.96. The van der Waals surface area contributed by atoms with E-state index in [2.05, 4.69) is 15.3 Å². The molecule has 1 saturated carbocycles. The predicted molar refractivity (Wildman–Crippen MR) is 109 cm³/mol. The summed E-state index contributed by atoms with van der Waals surface area (Å²) in [5.41, 5.74) is 0.326. The Labute approximate surface area is 168 Å². The van der Waals surface area contributed by atoms with Crippen LogP contribution < -0.4 is 15.6 Å². The molecule has 0 aliphatic heterocycles. The normalized spacial score (nSPS) is 14.1. The summed E-state index contributed by atoms with van der Waals surface area (Å²) in [4.78, 5) is 21.6. The van der Waals surface area contributed by atoms with Crippen LogP contribution in [0.15, 0.2) is 41.3 Å². The number of fused-ring (bicyclic) bond motifs is 1. The van der Waals surface area contributed by atoms with Gasteiger partial charge in [-0.3, -0.25) is 9.36 Å². The maximum atomic E-state index is 12.6. The molecule has 2 aromatic heterocycles. The molecular formula is C19H20Cl2N4O2. The lowest BCUT2D eigenvalue weighted by molar-refractivity contribution is 0.471. The molecule has 0 atom stereocenters. The van der Waals surface area contributed by atoms with Crippen LogP contribution in [0.5, 0.6) is 11.5 Å². The molecule has 0 radical (unpaired) electrons. The first-order valence-corrected chi connectivity index (χ1v) is 9.05. The van der Waals surface area contributed by atoms with Gasteiger partial charge in [-0.05, 0) is 43.2 Å². The summed E-state index contributed by atoms with van der Waals surface area (Å²) < 4.78 is 7.22. The number of halogens is 2. The summed E-state index contributed by atoms with van der Waals surface area (Å²) in [6, 6.07) is 8.95. The molecule has 4 rings (SSSR count). The van der Waals surface area contributed by atoms with Crippen LogP contribution in [0.3, 0.4) is 0 Å². The summed E-state index contributed by atoms with van der Waals surface area (Å²) >= 11 is 5.88. The smallest absolute Gasteiger partial charge is 0.294 e. The molecule has 0 unspecified atom stereocenters. The minimum absolute atomic E-state index is 0. The second kappa shape index (κ2) is 8.15. The Morgan fingerprint density at radius 1 is 1.22 bits per heavy atom. The largest absolute Gasteiger partial charge is 0.452 e. The lowest BCUT2D eigenvalue weighted by atomic mass is 10.2. The number of aryl methyl sites for hydroxylation is 1. The number of anilines is 1. The van der Waals surface area contributed by atoms with Crippen molar-refractivity contribution >= 4 is 41.0 Å². The molecule has 1 fully saturated rings. The zero-order valence-corrected chi connectivity index (χ0v) is 16.4. The van der Waals surface area contributed by atoms with Crippen molar-refractivity contribution < 1.29 is 4.74 Å². The topological polar surface area (TPSA) is 69.0 Å². The molecule has 1 aliphatic carbocycles. The first kappa shape index (κ1) is 19.5. The number of aromatic nitrogens is 3. The van der Waals surface area contributed by atoms with Crippen LogP contribution >= 0.6 is 24.0 Å². The maximum Gasteiger partial charge on any atom is 0.294 e. The summed E-state index contributed by atoms with van der Waals surface area (Å²) in [5, 5.41) is 4.71. The maximum absolute atomic E-state index is 12.6. The van der Waals surface area contributed by atoms with E-state index in [9.17, 15) is 4.79 Å². The molecule has 1 aromatic carbocycles. The fourth-order valence-electron chi connectivity index (χ4n) is 3.24. The summed E-state index contributed by atoms with van der Waals surface area (Å²) in [5.74, 6) is 1.33. The predicted octanol–water partition coefficient (Wildman–Crippen LogP) is 4.55. The Morgan fingerprint density at radius 3 is 2.63 bits per heavy atom. The van der Waals surface area contributed by atoms with E-state index in [1.807, 2.05) is 0 Å². The average molecular weight is 407 g/mol. The first-order valence-electron chi connectivity index (χ1n) is 8.67. The highest BCUT2D eigenvalue weighted by atomic mass is 35.5. The third kappa shape index (κ3) is 4.17. The van der Waals surface area contributed by atoms with Crippen molar-refractivity contribution in [2.75, 3.05) is 5.32 Å². The van der Waals surface area contributed by atoms with Crippen LogP contribution in [0.1, 0.15) is 25.7 Å². The van der Waals surface area contributed by atoms with E-state index in [1.165, 1.54) is 17.4 Å². The number of nitrogens with zero attached hydrogens (tertiary/aromatic N) is 3. The highest BCUT2D eigenvalue weighted by Crippen LogP contribution is 2.24. The van der Waals surface area contributed by atoms with Crippen molar-refractivity contribution in [3.8, 4) is 11.5 Å². The van der Waals surface area contributed by atoms with Crippen LogP contribution in [-0.4, -0.2) is 20.6 Å². The Hall–Kier alpha value is -2.31. The summed E-state index contributed by atoms with van der Waals surface area (Å²) in [7, 11) is 1.69. The van der Waals surface area contributed by atoms with Gasteiger partial charge in [0.15, 0.2) is 5.75 Å². The van der Waals surface area contributed by atoms with E-state index in [0.29, 0.717) is 28.4 Å². The van der Waals surface area contributed by atoms with Gasteiger partial charge in [0, 0.05) is 29.7 Å². The zero-order chi connectivity index (χ0) is 18.1. The molecule has 1 N–H and O–H groups in total. The Morgan fingerprint density at radius 2 is 1.93 bits per heavy atom. The van der Waals surface area contributed by atoms with Crippen LogP contribution in [-0.2, 0) is 7.05 Å². The van der Waals surface area contributed by atoms with Gasteiger partial charge in [-0.1, -0.05) is 24.4 Å². The Bertz CT molecular complexity index is 999. The lowest BCUT2D eigenvalue weighted by Gasteiger charge is -2.13. The van der Waals surface area contributed by atoms with Crippen LogP contribution in [0, 0.1) is 0 Å². The van der Waals surface area contributed by atoms with E-state index in [0.717, 1.165) is 18.2 Å². The SMILES string of the molecule is Cl.Cn1c(=O)c(Oc2ccc(Cl)cc2)cc2cnc(NC3CCCC3)nc21. The molecule has 0 saturated heterocycles. The minimum Gasteiger partial charge on any atom is -0.452 e. The minimum atomic E-state index is -0.252. The van der Waals surface area contributed by atoms with E-state index in [4.69, 9.17) is 16.3 Å². The third-order valence-electron chi connectivity index (χ3n) is 4.65. The van der Waals surface area contributed by atoms with E-state index >= 15 is 0 Å². The molecule has 1 aliphatic rings. The van der Waals surface area contributed by atoms with Gasteiger partial charge >= 0.3 is 0 Å². The highest BCUT2D eigenvalue weighted by Gasteiger charge is 2.17. The molecule has 142 valence electrons. The molecule has 6 nitrogen and oxygen atoms in total. The molecule has 0 amide bonds.